The molecule has 4 aliphatic rings. The van der Waals surface area contributed by atoms with E-state index in [0.717, 1.165) is 18.0 Å². The minimum absolute atomic E-state index is 0.506. The van der Waals surface area contributed by atoms with Gasteiger partial charge in [-0.3, -0.25) is 4.90 Å². The fourth-order valence-electron chi connectivity index (χ4n) is 5.14. The number of piperidine rings is 2. The normalized spacial score (nSPS) is 44.0. The van der Waals surface area contributed by atoms with Crippen LogP contribution in [0.3, 0.4) is 0 Å². The summed E-state index contributed by atoms with van der Waals surface area (Å²) in [7, 11) is 1.81. The molecular weight excluding hydrogens is 298 g/mol. The largest absolute Gasteiger partial charge is 0.504 e. The van der Waals surface area contributed by atoms with E-state index in [0.29, 0.717) is 10.1 Å². The lowest BCUT2D eigenvalue weighted by atomic mass is 9.80. The van der Waals surface area contributed by atoms with E-state index in [1.54, 1.807) is 5.57 Å². The molecule has 4 aliphatic heterocycles. The van der Waals surface area contributed by atoms with Crippen LogP contribution in [0.1, 0.15) is 45.4 Å². The fourth-order valence-corrected chi connectivity index (χ4v) is 8.65. The molecule has 4 heteroatoms. The van der Waals surface area contributed by atoms with Gasteiger partial charge in [0.1, 0.15) is 0 Å². The smallest absolute Gasteiger partial charge is 0.0832 e. The number of nitrogens with zero attached hydrogens (tertiary/aromatic N) is 1. The minimum atomic E-state index is 0.506. The lowest BCUT2D eigenvalue weighted by Gasteiger charge is -2.54. The van der Waals surface area contributed by atoms with Crippen molar-refractivity contribution in [2.24, 2.45) is 5.92 Å². The molecule has 0 bridgehead atoms. The molecule has 0 amide bonds. The highest BCUT2D eigenvalue weighted by Crippen LogP contribution is 2.57. The highest BCUT2D eigenvalue weighted by Gasteiger charge is 2.54. The quantitative estimate of drug-likeness (QED) is 0.672. The first-order valence-corrected chi connectivity index (χ1v) is 10.5. The van der Waals surface area contributed by atoms with Crippen molar-refractivity contribution in [3.05, 3.63) is 11.8 Å². The Balaban J connectivity index is 1.66. The van der Waals surface area contributed by atoms with E-state index in [9.17, 15) is 0 Å². The maximum atomic E-state index is 5.44. The summed E-state index contributed by atoms with van der Waals surface area (Å²) in [5, 5.41) is 0. The molecule has 4 saturated heterocycles. The number of hydrogen-bond donors (Lipinski definition) is 0. The lowest BCUT2D eigenvalue weighted by molar-refractivity contribution is 0.0464. The van der Waals surface area contributed by atoms with E-state index in [1.807, 2.05) is 7.11 Å². The molecule has 0 N–H and O–H groups in total. The van der Waals surface area contributed by atoms with Crippen LogP contribution in [0.2, 0.25) is 0 Å². The maximum Gasteiger partial charge on any atom is 0.0832 e. The molecule has 4 fully saturated rings. The molecular formula is C17H27NOS2. The van der Waals surface area contributed by atoms with Crippen LogP contribution in [-0.2, 0) is 4.74 Å². The van der Waals surface area contributed by atoms with Crippen LogP contribution in [-0.4, -0.2) is 45.7 Å². The van der Waals surface area contributed by atoms with Crippen LogP contribution in [0.4, 0.5) is 0 Å². The van der Waals surface area contributed by atoms with Crippen molar-refractivity contribution in [2.75, 3.05) is 18.6 Å². The molecule has 0 saturated carbocycles. The van der Waals surface area contributed by atoms with Crippen molar-refractivity contribution in [2.45, 2.75) is 67.7 Å². The highest BCUT2D eigenvalue weighted by molar-refractivity contribution is 8.18. The molecule has 0 radical (unpaired) electrons. The van der Waals surface area contributed by atoms with Crippen molar-refractivity contribution >= 4 is 23.5 Å². The van der Waals surface area contributed by atoms with E-state index in [1.165, 1.54) is 50.0 Å². The van der Waals surface area contributed by atoms with Gasteiger partial charge < -0.3 is 4.74 Å². The van der Waals surface area contributed by atoms with E-state index in [2.05, 4.69) is 41.6 Å². The highest BCUT2D eigenvalue weighted by atomic mass is 32.2. The van der Waals surface area contributed by atoms with Gasteiger partial charge in [0, 0.05) is 18.1 Å². The van der Waals surface area contributed by atoms with Gasteiger partial charge in [-0.05, 0) is 61.5 Å². The lowest BCUT2D eigenvalue weighted by Crippen LogP contribution is -2.58. The third-order valence-electron chi connectivity index (χ3n) is 5.94. The monoisotopic (exact) mass is 325 g/mol. The first-order valence-electron chi connectivity index (χ1n) is 8.49. The van der Waals surface area contributed by atoms with Crippen LogP contribution in [0.5, 0.6) is 0 Å². The summed E-state index contributed by atoms with van der Waals surface area (Å²) < 4.78 is 5.95. The standard InChI is InChI=1S/C17H27NOS2/c1-12-8-13(11-19-2)16-10-17(20-6-3-7-21-17)9-14-4-5-15(12)18(14)16/h11-12,14-16H,3-10H2,1-2H3/b13-11+/t12-,14+,15+,16+/m0/s1. The molecule has 0 aliphatic carbocycles. The molecule has 118 valence electrons. The van der Waals surface area contributed by atoms with Crippen LogP contribution in [0.25, 0.3) is 0 Å². The number of ether oxygens (including phenoxy) is 1. The van der Waals surface area contributed by atoms with Gasteiger partial charge >= 0.3 is 0 Å². The second-order valence-electron chi connectivity index (χ2n) is 7.24. The van der Waals surface area contributed by atoms with Crippen molar-refractivity contribution in [3.63, 3.8) is 0 Å². The third-order valence-corrected chi connectivity index (χ3v) is 9.35. The molecule has 0 aromatic heterocycles. The Morgan fingerprint density at radius 1 is 1.24 bits per heavy atom. The van der Waals surface area contributed by atoms with Gasteiger partial charge in [0.2, 0.25) is 0 Å². The Morgan fingerprint density at radius 2 is 2.05 bits per heavy atom. The molecule has 0 aromatic rings. The third kappa shape index (κ3) is 2.46. The zero-order valence-electron chi connectivity index (χ0n) is 13.2. The van der Waals surface area contributed by atoms with Gasteiger partial charge in [-0.15, -0.1) is 23.5 Å². The van der Waals surface area contributed by atoms with Gasteiger partial charge in [0.05, 0.1) is 17.5 Å². The molecule has 4 heterocycles. The first kappa shape index (κ1) is 14.8. The SMILES string of the molecule is CO/C=C1\C[C@H](C)[C@H]2CC[C@@H]3CC4(C[C@H]1N32)SCCCS4. The van der Waals surface area contributed by atoms with Gasteiger partial charge in [0.25, 0.3) is 0 Å². The van der Waals surface area contributed by atoms with Crippen molar-refractivity contribution in [1.29, 1.82) is 0 Å². The molecule has 2 nitrogen and oxygen atoms in total. The van der Waals surface area contributed by atoms with Gasteiger partial charge in [-0.25, -0.2) is 0 Å². The van der Waals surface area contributed by atoms with Crippen LogP contribution in [0.15, 0.2) is 11.8 Å². The van der Waals surface area contributed by atoms with E-state index in [-0.39, 0.29) is 0 Å². The van der Waals surface area contributed by atoms with E-state index < -0.39 is 0 Å². The molecule has 0 aromatic carbocycles. The second kappa shape index (κ2) is 5.68. The Labute approximate surface area is 137 Å². The Morgan fingerprint density at radius 3 is 2.81 bits per heavy atom. The molecule has 21 heavy (non-hydrogen) atoms. The topological polar surface area (TPSA) is 12.5 Å². The predicted octanol–water partition coefficient (Wildman–Crippen LogP) is 4.12. The van der Waals surface area contributed by atoms with Gasteiger partial charge in [0.15, 0.2) is 0 Å². The van der Waals surface area contributed by atoms with Gasteiger partial charge in [-0.1, -0.05) is 6.92 Å². The van der Waals surface area contributed by atoms with Crippen LogP contribution >= 0.6 is 23.5 Å². The van der Waals surface area contributed by atoms with Gasteiger partial charge in [-0.2, -0.15) is 0 Å². The number of thioether (sulfide) groups is 2. The van der Waals surface area contributed by atoms with Crippen molar-refractivity contribution in [3.8, 4) is 0 Å². The Hall–Kier alpha value is 0.200. The zero-order chi connectivity index (χ0) is 14.4. The Bertz CT molecular complexity index is 433. The first-order chi connectivity index (χ1) is 10.2. The number of rotatable bonds is 1. The Kier molecular flexibility index (Phi) is 4.00. The number of methoxy groups -OCH3 is 1. The maximum absolute atomic E-state index is 5.44. The fraction of sp³-hybridized carbons (Fsp3) is 0.882. The summed E-state index contributed by atoms with van der Waals surface area (Å²) in [6, 6.07) is 2.32. The van der Waals surface area contributed by atoms with Crippen molar-refractivity contribution < 1.29 is 4.74 Å². The van der Waals surface area contributed by atoms with Crippen molar-refractivity contribution in [1.82, 2.24) is 4.90 Å². The number of hydrogen-bond acceptors (Lipinski definition) is 4. The zero-order valence-corrected chi connectivity index (χ0v) is 14.8. The molecule has 4 rings (SSSR count). The summed E-state index contributed by atoms with van der Waals surface area (Å²) in [6.07, 6.45) is 10.3. The predicted molar refractivity (Wildman–Crippen MR) is 92.8 cm³/mol. The average Bonchev–Trinajstić information content (AvgIpc) is 2.90. The minimum Gasteiger partial charge on any atom is -0.504 e. The molecule has 1 spiro atoms. The average molecular weight is 326 g/mol. The van der Waals surface area contributed by atoms with Crippen LogP contribution < -0.4 is 0 Å². The molecule has 4 atom stereocenters. The summed E-state index contributed by atoms with van der Waals surface area (Å²) in [5.74, 6) is 3.54. The summed E-state index contributed by atoms with van der Waals surface area (Å²) in [6.45, 7) is 2.45. The van der Waals surface area contributed by atoms with E-state index >= 15 is 0 Å². The van der Waals surface area contributed by atoms with E-state index in [4.69, 9.17) is 4.74 Å². The molecule has 0 unspecified atom stereocenters. The summed E-state index contributed by atoms with van der Waals surface area (Å²) >= 11 is 4.54. The second-order valence-corrected chi connectivity index (χ2v) is 10.5. The van der Waals surface area contributed by atoms with Crippen LogP contribution in [0, 0.1) is 5.92 Å². The summed E-state index contributed by atoms with van der Waals surface area (Å²) in [4.78, 5) is 2.90. The summed E-state index contributed by atoms with van der Waals surface area (Å²) in [5.41, 5.74) is 1.57.